The first kappa shape index (κ1) is 24.2. The van der Waals surface area contributed by atoms with Gasteiger partial charge in [-0.3, -0.25) is 10.1 Å². The molecule has 0 saturated carbocycles. The summed E-state index contributed by atoms with van der Waals surface area (Å²) in [5.74, 6) is 1.21. The molecule has 0 bridgehead atoms. The largest absolute Gasteiger partial charge is 0.490 e. The molecular formula is C27H23BrN2O5. The molecule has 8 heteroatoms. The number of nitro groups is 1. The van der Waals surface area contributed by atoms with Gasteiger partial charge < -0.3 is 14.3 Å². The van der Waals surface area contributed by atoms with Crippen molar-refractivity contribution in [3.8, 4) is 11.5 Å². The van der Waals surface area contributed by atoms with E-state index in [2.05, 4.69) is 45.4 Å². The Labute approximate surface area is 211 Å². The van der Waals surface area contributed by atoms with Crippen LogP contribution in [0.4, 0.5) is 5.69 Å². The van der Waals surface area contributed by atoms with Crippen LogP contribution < -0.4 is 9.47 Å². The lowest BCUT2D eigenvalue weighted by molar-refractivity contribution is -0.384. The predicted octanol–water partition coefficient (Wildman–Crippen LogP) is 7.04. The first-order chi connectivity index (χ1) is 17.0. The van der Waals surface area contributed by atoms with Gasteiger partial charge in [-0.2, -0.15) is 0 Å². The van der Waals surface area contributed by atoms with Crippen LogP contribution in [0.15, 0.2) is 88.5 Å². The number of hydrogen-bond donors (Lipinski definition) is 0. The Morgan fingerprint density at radius 1 is 0.943 bits per heavy atom. The van der Waals surface area contributed by atoms with Crippen molar-refractivity contribution in [2.75, 3.05) is 6.61 Å². The van der Waals surface area contributed by atoms with Crippen molar-refractivity contribution in [1.29, 1.82) is 0 Å². The molecule has 0 amide bonds. The molecule has 0 fully saturated rings. The Hall–Kier alpha value is -3.91. The number of non-ortho nitro benzene ring substituents is 1. The molecule has 0 heterocycles. The zero-order valence-corrected chi connectivity index (χ0v) is 20.6. The quantitative estimate of drug-likeness (QED) is 0.124. The van der Waals surface area contributed by atoms with E-state index in [4.69, 9.17) is 14.3 Å². The van der Waals surface area contributed by atoms with Crippen LogP contribution >= 0.6 is 15.9 Å². The molecule has 0 saturated heterocycles. The summed E-state index contributed by atoms with van der Waals surface area (Å²) < 4.78 is 12.7. The Bertz CT molecular complexity index is 1370. The van der Waals surface area contributed by atoms with Gasteiger partial charge in [0.1, 0.15) is 13.2 Å². The van der Waals surface area contributed by atoms with Crippen LogP contribution in [-0.2, 0) is 18.1 Å². The third-order valence-corrected chi connectivity index (χ3v) is 5.93. The summed E-state index contributed by atoms with van der Waals surface area (Å²) in [6.45, 7) is 2.90. The lowest BCUT2D eigenvalue weighted by atomic mass is 10.1. The van der Waals surface area contributed by atoms with E-state index in [9.17, 15) is 10.1 Å². The van der Waals surface area contributed by atoms with E-state index < -0.39 is 4.92 Å². The molecule has 7 nitrogen and oxygen atoms in total. The van der Waals surface area contributed by atoms with Gasteiger partial charge in [0.2, 0.25) is 0 Å². The van der Waals surface area contributed by atoms with E-state index in [0.717, 1.165) is 26.4 Å². The summed E-state index contributed by atoms with van der Waals surface area (Å²) in [6, 6.07) is 24.3. The SMILES string of the molecule is CCOc1cc(/C=N\OCc2cccc([N+](=O)[O-])c2)c(Br)cc1OCc1cccc2ccccc12. The molecule has 0 aliphatic rings. The van der Waals surface area contributed by atoms with Crippen molar-refractivity contribution >= 4 is 38.6 Å². The molecule has 0 atom stereocenters. The summed E-state index contributed by atoms with van der Waals surface area (Å²) >= 11 is 3.56. The van der Waals surface area contributed by atoms with Gasteiger partial charge in [-0.25, -0.2) is 0 Å². The number of oxime groups is 1. The highest BCUT2D eigenvalue weighted by atomic mass is 79.9. The highest BCUT2D eigenvalue weighted by molar-refractivity contribution is 9.10. The number of nitro benzene ring substituents is 1. The van der Waals surface area contributed by atoms with Crippen LogP contribution in [0.25, 0.3) is 10.8 Å². The minimum atomic E-state index is -0.441. The van der Waals surface area contributed by atoms with Gasteiger partial charge in [0.05, 0.1) is 17.7 Å². The summed E-state index contributed by atoms with van der Waals surface area (Å²) in [4.78, 5) is 15.8. The number of halogens is 1. The van der Waals surface area contributed by atoms with E-state index in [1.54, 1.807) is 18.3 Å². The van der Waals surface area contributed by atoms with Crippen molar-refractivity contribution < 1.29 is 19.2 Å². The Morgan fingerprint density at radius 3 is 2.54 bits per heavy atom. The van der Waals surface area contributed by atoms with Crippen LogP contribution in [0.3, 0.4) is 0 Å². The van der Waals surface area contributed by atoms with Gasteiger partial charge in [0, 0.05) is 22.2 Å². The second-order valence-electron chi connectivity index (χ2n) is 7.62. The molecule has 0 aliphatic carbocycles. The van der Waals surface area contributed by atoms with E-state index in [1.807, 2.05) is 37.3 Å². The Balaban J connectivity index is 1.46. The molecule has 0 spiro atoms. The molecule has 4 rings (SSSR count). The van der Waals surface area contributed by atoms with Crippen molar-refractivity contribution in [2.24, 2.45) is 5.16 Å². The average molecular weight is 535 g/mol. The third kappa shape index (κ3) is 6.16. The topological polar surface area (TPSA) is 83.2 Å². The molecule has 35 heavy (non-hydrogen) atoms. The lowest BCUT2D eigenvalue weighted by Crippen LogP contribution is -2.01. The van der Waals surface area contributed by atoms with Crippen LogP contribution in [0.2, 0.25) is 0 Å². The van der Waals surface area contributed by atoms with Crippen LogP contribution in [0.1, 0.15) is 23.6 Å². The summed E-state index contributed by atoms with van der Waals surface area (Å²) in [5.41, 5.74) is 2.49. The van der Waals surface area contributed by atoms with E-state index in [-0.39, 0.29) is 12.3 Å². The average Bonchev–Trinajstić information content (AvgIpc) is 2.87. The monoisotopic (exact) mass is 534 g/mol. The fraction of sp³-hybridized carbons (Fsp3) is 0.148. The highest BCUT2D eigenvalue weighted by Gasteiger charge is 2.12. The summed E-state index contributed by atoms with van der Waals surface area (Å²) in [5, 5.41) is 17.2. The zero-order chi connectivity index (χ0) is 24.6. The minimum Gasteiger partial charge on any atom is -0.490 e. The van der Waals surface area contributed by atoms with Gasteiger partial charge in [-0.1, -0.05) is 59.8 Å². The molecule has 0 aromatic heterocycles. The van der Waals surface area contributed by atoms with Gasteiger partial charge in [-0.15, -0.1) is 0 Å². The van der Waals surface area contributed by atoms with E-state index >= 15 is 0 Å². The number of hydrogen-bond acceptors (Lipinski definition) is 6. The Kier molecular flexibility index (Phi) is 7.95. The van der Waals surface area contributed by atoms with Crippen LogP contribution in [-0.4, -0.2) is 17.7 Å². The van der Waals surface area contributed by atoms with Crippen molar-refractivity contribution in [3.05, 3.63) is 110 Å². The Morgan fingerprint density at radius 2 is 1.71 bits per heavy atom. The first-order valence-corrected chi connectivity index (χ1v) is 11.8. The molecule has 0 unspecified atom stereocenters. The third-order valence-electron chi connectivity index (χ3n) is 5.24. The number of rotatable bonds is 10. The van der Waals surface area contributed by atoms with Crippen molar-refractivity contribution in [3.63, 3.8) is 0 Å². The highest BCUT2D eigenvalue weighted by Crippen LogP contribution is 2.34. The maximum atomic E-state index is 10.9. The van der Waals surface area contributed by atoms with Crippen LogP contribution in [0, 0.1) is 10.1 Å². The number of benzene rings is 4. The number of nitrogens with zero attached hydrogens (tertiary/aromatic N) is 2. The van der Waals surface area contributed by atoms with Gasteiger partial charge >= 0.3 is 0 Å². The predicted molar refractivity (Wildman–Crippen MR) is 139 cm³/mol. The molecule has 4 aromatic rings. The normalized spacial score (nSPS) is 11.0. The second-order valence-corrected chi connectivity index (χ2v) is 8.47. The maximum Gasteiger partial charge on any atom is 0.269 e. The molecule has 0 aliphatic heterocycles. The molecule has 4 aromatic carbocycles. The van der Waals surface area contributed by atoms with Gasteiger partial charge in [0.25, 0.3) is 5.69 Å². The van der Waals surface area contributed by atoms with Crippen molar-refractivity contribution in [1.82, 2.24) is 0 Å². The summed E-state index contributed by atoms with van der Waals surface area (Å²) in [7, 11) is 0. The minimum absolute atomic E-state index is 0.0123. The molecular weight excluding hydrogens is 512 g/mol. The fourth-order valence-corrected chi connectivity index (χ4v) is 4.00. The zero-order valence-electron chi connectivity index (χ0n) is 19.0. The molecule has 178 valence electrons. The smallest absolute Gasteiger partial charge is 0.269 e. The number of fused-ring (bicyclic) bond motifs is 1. The van der Waals surface area contributed by atoms with Crippen LogP contribution in [0.5, 0.6) is 11.5 Å². The van der Waals surface area contributed by atoms with E-state index in [0.29, 0.717) is 30.3 Å². The van der Waals surface area contributed by atoms with Gasteiger partial charge in [0.15, 0.2) is 11.5 Å². The van der Waals surface area contributed by atoms with Crippen molar-refractivity contribution in [2.45, 2.75) is 20.1 Å². The van der Waals surface area contributed by atoms with Gasteiger partial charge in [-0.05, 0) is 56.9 Å². The maximum absolute atomic E-state index is 10.9. The summed E-state index contributed by atoms with van der Waals surface area (Å²) in [6.07, 6.45) is 1.55. The van der Waals surface area contributed by atoms with E-state index in [1.165, 1.54) is 12.1 Å². The second kappa shape index (κ2) is 11.5. The first-order valence-electron chi connectivity index (χ1n) is 11.0. The lowest BCUT2D eigenvalue weighted by Gasteiger charge is -2.15. The number of ether oxygens (including phenoxy) is 2. The molecule has 0 N–H and O–H groups in total. The standard InChI is InChI=1S/C27H23BrN2O5/c1-2-33-26-14-22(16-29-35-17-19-7-5-11-23(13-19)30(31)32)25(28)15-27(26)34-18-21-10-6-9-20-8-3-4-12-24(20)21/h3-16H,2,17-18H2,1H3/b29-16-. The fourth-order valence-electron chi connectivity index (χ4n) is 3.57. The molecule has 0 radical (unpaired) electrons.